The molecule has 1 heterocycles. The summed E-state index contributed by atoms with van der Waals surface area (Å²) >= 11 is 12.7. The number of aromatic amines is 1. The van der Waals surface area contributed by atoms with E-state index in [0.29, 0.717) is 23.7 Å². The van der Waals surface area contributed by atoms with Crippen LogP contribution in [0.4, 0.5) is 14.5 Å². The van der Waals surface area contributed by atoms with Gasteiger partial charge < -0.3 is 23.7 Å². The van der Waals surface area contributed by atoms with E-state index in [1.54, 1.807) is 0 Å². The molecule has 0 saturated heterocycles. The molecule has 1 saturated carbocycles. The van der Waals surface area contributed by atoms with Crippen molar-refractivity contribution in [3.05, 3.63) is 75.5 Å². The highest BCUT2D eigenvalue weighted by Gasteiger charge is 2.27. The fourth-order valence-electron chi connectivity index (χ4n) is 4.12. The third-order valence-electron chi connectivity index (χ3n) is 6.39. The van der Waals surface area contributed by atoms with Crippen LogP contribution in [0.3, 0.4) is 0 Å². The fraction of sp³-hybridized carbons (Fsp3) is 0.345. The van der Waals surface area contributed by atoms with Crippen LogP contribution in [0.25, 0.3) is 0 Å². The summed E-state index contributed by atoms with van der Waals surface area (Å²) in [6, 6.07) is 7.99. The van der Waals surface area contributed by atoms with Crippen molar-refractivity contribution in [2.75, 3.05) is 31.3 Å². The summed E-state index contributed by atoms with van der Waals surface area (Å²) in [7, 11) is -2.34. The van der Waals surface area contributed by atoms with E-state index in [9.17, 15) is 26.8 Å². The molecule has 0 amide bonds. The lowest BCUT2D eigenvalue weighted by molar-refractivity contribution is -0.377. The molecule has 2 aromatic carbocycles. The molecule has 0 spiro atoms. The van der Waals surface area contributed by atoms with Crippen LogP contribution >= 0.6 is 23.2 Å². The smallest absolute Gasteiger partial charge is 0.387 e. The third-order valence-corrected chi connectivity index (χ3v) is 7.67. The molecular weight excluding hydrogens is 661 g/mol. The first-order valence-electron chi connectivity index (χ1n) is 13.4. The number of nitrogens with one attached hydrogen (secondary N) is 2. The number of ether oxygens (including phenoxy) is 5. The van der Waals surface area contributed by atoms with Crippen molar-refractivity contribution < 1.29 is 55.5 Å². The maximum atomic E-state index is 13.1. The topological polar surface area (TPSA) is 141 Å². The number of esters is 2. The van der Waals surface area contributed by atoms with Crippen molar-refractivity contribution >= 4 is 50.9 Å². The molecule has 16 heteroatoms. The number of pyridine rings is 1. The average molecular weight is 691 g/mol. The van der Waals surface area contributed by atoms with Crippen LogP contribution < -0.4 is 23.9 Å². The summed E-state index contributed by atoms with van der Waals surface area (Å²) < 4.78 is 78.0. The predicted molar refractivity (Wildman–Crippen MR) is 159 cm³/mol. The van der Waals surface area contributed by atoms with E-state index in [2.05, 4.69) is 14.4 Å². The number of halogens is 4. The zero-order chi connectivity index (χ0) is 32.7. The first-order chi connectivity index (χ1) is 21.3. The van der Waals surface area contributed by atoms with Crippen LogP contribution in [0, 0.1) is 5.92 Å². The Bertz CT molecular complexity index is 1640. The van der Waals surface area contributed by atoms with Gasteiger partial charge in [-0.2, -0.15) is 8.78 Å². The molecule has 0 aliphatic heterocycles. The summed E-state index contributed by atoms with van der Waals surface area (Å²) in [5, 5.41) is 0.490. The highest BCUT2D eigenvalue weighted by molar-refractivity contribution is 7.92. The number of aromatic nitrogens is 1. The van der Waals surface area contributed by atoms with Crippen molar-refractivity contribution in [3.63, 3.8) is 0 Å². The second kappa shape index (κ2) is 14.9. The summed E-state index contributed by atoms with van der Waals surface area (Å²) in [5.41, 5.74) is 0.698. The first kappa shape index (κ1) is 34.0. The van der Waals surface area contributed by atoms with E-state index in [-0.39, 0.29) is 45.0 Å². The van der Waals surface area contributed by atoms with Crippen molar-refractivity contribution in [2.24, 2.45) is 5.92 Å². The van der Waals surface area contributed by atoms with Crippen LogP contribution in [-0.2, 0) is 30.7 Å². The molecule has 1 aliphatic rings. The highest BCUT2D eigenvalue weighted by Crippen LogP contribution is 2.37. The number of rotatable bonds is 15. The minimum absolute atomic E-state index is 0.0299. The normalized spacial score (nSPS) is 13.6. The predicted octanol–water partition coefficient (Wildman–Crippen LogP) is 5.26. The van der Waals surface area contributed by atoms with Crippen molar-refractivity contribution in [2.45, 2.75) is 32.0 Å². The Morgan fingerprint density at radius 3 is 2.40 bits per heavy atom. The second-order valence-corrected chi connectivity index (χ2v) is 12.6. The number of alkyl halides is 2. The molecule has 0 unspecified atom stereocenters. The monoisotopic (exact) mass is 689 g/mol. The molecule has 1 aliphatic carbocycles. The molecule has 0 radical (unpaired) electrons. The largest absolute Gasteiger partial charge is 0.497 e. The van der Waals surface area contributed by atoms with Gasteiger partial charge in [-0.25, -0.2) is 23.0 Å². The quantitative estimate of drug-likeness (QED) is 0.212. The van der Waals surface area contributed by atoms with Crippen molar-refractivity contribution in [1.82, 2.24) is 0 Å². The molecule has 4 rings (SSSR count). The molecule has 11 nitrogen and oxygen atoms in total. The zero-order valence-electron chi connectivity index (χ0n) is 24.0. The zero-order valence-corrected chi connectivity index (χ0v) is 26.3. The molecule has 1 aromatic heterocycles. The Hall–Kier alpha value is -3.88. The third kappa shape index (κ3) is 10.3. The molecule has 3 aromatic rings. The number of anilines is 1. The molecule has 45 heavy (non-hydrogen) atoms. The fourth-order valence-corrected chi connectivity index (χ4v) is 5.19. The van der Waals surface area contributed by atoms with E-state index in [1.165, 1.54) is 55.9 Å². The van der Waals surface area contributed by atoms with E-state index >= 15 is 0 Å². The van der Waals surface area contributed by atoms with Gasteiger partial charge >= 0.3 is 18.6 Å². The van der Waals surface area contributed by atoms with Crippen LogP contribution in [0.2, 0.25) is 10.0 Å². The van der Waals surface area contributed by atoms with Crippen LogP contribution in [-0.4, -0.2) is 53.5 Å². The summed E-state index contributed by atoms with van der Waals surface area (Å²) in [6.07, 6.45) is 4.68. The molecule has 1 fully saturated rings. The Balaban J connectivity index is 1.55. The minimum atomic E-state index is -3.67. The minimum Gasteiger partial charge on any atom is -0.497 e. The van der Waals surface area contributed by atoms with E-state index < -0.39 is 41.3 Å². The summed E-state index contributed by atoms with van der Waals surface area (Å²) in [4.78, 5) is 28.5. The number of hydrogen-bond acceptors (Lipinski definition) is 9. The number of carbonyl (C=O) groups is 2. The van der Waals surface area contributed by atoms with Crippen LogP contribution in [0.5, 0.6) is 17.2 Å². The Morgan fingerprint density at radius 2 is 1.78 bits per heavy atom. The van der Waals surface area contributed by atoms with Crippen LogP contribution in [0.1, 0.15) is 40.4 Å². The number of hydrogen-bond donors (Lipinski definition) is 1. The standard InChI is InChI=1S/C29H28Cl2F2N2O9S/c1-40-20-8-18(7-19(10-20)35-45(2,38)39)28(37)42-15-27(36)43-25(11-21-22(30)12-34-13-23(21)31)17-5-6-24(44-29(32)33)26(9-17)41-14-16-3-4-16/h5-10,12-13,16,25,29,35H,3-4,11,14-15H2,1-2H3/p+1/t25-/m0/s1. The number of sulfonamides is 1. The van der Waals surface area contributed by atoms with Gasteiger partial charge in [0.25, 0.3) is 0 Å². The Kier molecular flexibility index (Phi) is 11.3. The van der Waals surface area contributed by atoms with E-state index in [4.69, 9.17) is 42.1 Å². The summed E-state index contributed by atoms with van der Waals surface area (Å²) in [6.45, 7) is -3.63. The number of benzene rings is 2. The van der Waals surface area contributed by atoms with Gasteiger partial charge in [-0.15, -0.1) is 0 Å². The molecule has 2 N–H and O–H groups in total. The number of methoxy groups -OCH3 is 1. The van der Waals surface area contributed by atoms with Gasteiger partial charge in [-0.3, -0.25) is 4.72 Å². The highest BCUT2D eigenvalue weighted by atomic mass is 35.5. The lowest BCUT2D eigenvalue weighted by Crippen LogP contribution is -2.21. The second-order valence-electron chi connectivity index (χ2n) is 10.1. The molecule has 1 atom stereocenters. The van der Waals surface area contributed by atoms with Gasteiger partial charge in [0.05, 0.1) is 31.2 Å². The van der Waals surface area contributed by atoms with Crippen molar-refractivity contribution in [3.8, 4) is 17.2 Å². The lowest BCUT2D eigenvalue weighted by atomic mass is 10.0. The summed E-state index contributed by atoms with van der Waals surface area (Å²) in [5.74, 6) is -1.63. The van der Waals surface area contributed by atoms with Gasteiger partial charge in [0.1, 0.15) is 21.9 Å². The first-order valence-corrected chi connectivity index (χ1v) is 16.0. The van der Waals surface area contributed by atoms with Crippen molar-refractivity contribution in [1.29, 1.82) is 0 Å². The SMILES string of the molecule is COc1cc(NS(C)(=O)=O)cc(C(=O)OCC(=O)O[C@@H](Cc2c(Cl)c[nH+]cc2Cl)c2ccc(OC(F)F)c(OCC3CC3)c2)c1. The number of carbonyl (C=O) groups excluding carboxylic acids is 2. The molecular formula is C29H29Cl2F2N2O9S+. The van der Waals surface area contributed by atoms with Gasteiger partial charge in [0.2, 0.25) is 10.0 Å². The van der Waals surface area contributed by atoms with E-state index in [1.807, 2.05) is 0 Å². The van der Waals surface area contributed by atoms with Crippen LogP contribution in [0.15, 0.2) is 48.8 Å². The van der Waals surface area contributed by atoms with E-state index in [0.717, 1.165) is 19.1 Å². The average Bonchev–Trinajstić information content (AvgIpc) is 3.80. The van der Waals surface area contributed by atoms with Gasteiger partial charge in [-0.05, 0) is 48.6 Å². The van der Waals surface area contributed by atoms with Gasteiger partial charge in [-0.1, -0.05) is 29.3 Å². The lowest BCUT2D eigenvalue weighted by Gasteiger charge is -2.21. The molecule has 242 valence electrons. The Morgan fingerprint density at radius 1 is 1.07 bits per heavy atom. The Labute approximate surface area is 267 Å². The van der Waals surface area contributed by atoms with Gasteiger partial charge in [0.15, 0.2) is 30.5 Å². The maximum absolute atomic E-state index is 13.1. The maximum Gasteiger partial charge on any atom is 0.387 e. The van der Waals surface area contributed by atoms with Gasteiger partial charge in [0, 0.05) is 18.1 Å². The molecule has 0 bridgehead atoms. The number of H-pyrrole nitrogens is 1.